The molecule has 1 atom stereocenters. The number of alkyl halides is 3. The molecule has 0 amide bonds. The zero-order valence-corrected chi connectivity index (χ0v) is 19.3. The van der Waals surface area contributed by atoms with Crippen molar-refractivity contribution in [3.63, 3.8) is 0 Å². The Bertz CT molecular complexity index is 1420. The summed E-state index contributed by atoms with van der Waals surface area (Å²) in [6, 6.07) is 17.0. The van der Waals surface area contributed by atoms with Crippen LogP contribution in [0.25, 0.3) is 22.0 Å². The maximum absolute atomic E-state index is 12.8. The van der Waals surface area contributed by atoms with Crippen molar-refractivity contribution >= 4 is 28.6 Å². The van der Waals surface area contributed by atoms with Gasteiger partial charge in [0.05, 0.1) is 10.9 Å². The van der Waals surface area contributed by atoms with E-state index in [0.29, 0.717) is 26.9 Å². The van der Waals surface area contributed by atoms with Crippen LogP contribution in [0.1, 0.15) is 17.5 Å². The van der Waals surface area contributed by atoms with Crippen molar-refractivity contribution in [3.05, 3.63) is 88.2 Å². The van der Waals surface area contributed by atoms with Crippen molar-refractivity contribution in [2.24, 2.45) is 0 Å². The highest BCUT2D eigenvalue weighted by Gasteiger charge is 2.30. The second-order valence-electron chi connectivity index (χ2n) is 7.97. The number of hydrogen-bond acceptors (Lipinski definition) is 5. The summed E-state index contributed by atoms with van der Waals surface area (Å²) in [7, 11) is 0. The number of rotatable bonds is 7. The highest BCUT2D eigenvalue weighted by Crippen LogP contribution is 2.32. The fourth-order valence-electron chi connectivity index (χ4n) is 3.55. The summed E-state index contributed by atoms with van der Waals surface area (Å²) in [4.78, 5) is 25.2. The summed E-state index contributed by atoms with van der Waals surface area (Å²) < 4.78 is 39.5. The third kappa shape index (κ3) is 5.71. The second kappa shape index (κ2) is 9.91. The minimum absolute atomic E-state index is 0.0866. The monoisotopic (exact) mass is 499 g/mol. The number of aryl methyl sites for hydroxylation is 2. The van der Waals surface area contributed by atoms with E-state index in [-0.39, 0.29) is 18.5 Å². The molecule has 0 fully saturated rings. The molecule has 0 spiro atoms. The Labute approximate surface area is 202 Å². The van der Waals surface area contributed by atoms with Crippen LogP contribution in [0.3, 0.4) is 0 Å². The number of thioether (sulfide) groups is 1. The van der Waals surface area contributed by atoms with Gasteiger partial charge in [-0.1, -0.05) is 41.1 Å². The molecule has 1 aromatic heterocycles. The van der Waals surface area contributed by atoms with Crippen LogP contribution < -0.4 is 5.56 Å². The van der Waals surface area contributed by atoms with Crippen LogP contribution in [0.15, 0.2) is 76.4 Å². The second-order valence-corrected chi connectivity index (χ2v) is 9.25. The van der Waals surface area contributed by atoms with Crippen LogP contribution in [0.5, 0.6) is 0 Å². The largest absolute Gasteiger partial charge is 0.480 e. The minimum atomic E-state index is -4.40. The summed E-state index contributed by atoms with van der Waals surface area (Å²) in [5, 5.41) is 17.2. The number of benzene rings is 3. The molecular formula is C25H20F3N3O3S. The van der Waals surface area contributed by atoms with Gasteiger partial charge in [0.2, 0.25) is 0 Å². The predicted octanol–water partition coefficient (Wildman–Crippen LogP) is 5.42. The summed E-state index contributed by atoms with van der Waals surface area (Å²) >= 11 is 1.13. The van der Waals surface area contributed by atoms with Gasteiger partial charge in [-0.15, -0.1) is 16.9 Å². The van der Waals surface area contributed by atoms with E-state index in [0.717, 1.165) is 29.5 Å². The van der Waals surface area contributed by atoms with Crippen molar-refractivity contribution in [2.75, 3.05) is 0 Å². The van der Waals surface area contributed by atoms with Gasteiger partial charge in [0.15, 0.2) is 0 Å². The number of carbonyl (C=O) groups is 1. The highest BCUT2D eigenvalue weighted by atomic mass is 32.2. The van der Waals surface area contributed by atoms with E-state index < -0.39 is 23.0 Å². The lowest BCUT2D eigenvalue weighted by Gasteiger charge is -2.13. The van der Waals surface area contributed by atoms with Crippen molar-refractivity contribution in [3.8, 4) is 11.1 Å². The molecule has 0 radical (unpaired) electrons. The molecule has 35 heavy (non-hydrogen) atoms. The topological polar surface area (TPSA) is 85.1 Å². The number of carboxylic acid groups (broad SMARTS) is 1. The number of carboxylic acids is 1. The van der Waals surface area contributed by atoms with Gasteiger partial charge in [-0.25, -0.2) is 4.68 Å². The van der Waals surface area contributed by atoms with E-state index in [9.17, 15) is 27.9 Å². The molecule has 180 valence electrons. The molecule has 10 heteroatoms. The van der Waals surface area contributed by atoms with E-state index in [4.69, 9.17) is 0 Å². The van der Waals surface area contributed by atoms with Crippen LogP contribution in [0.4, 0.5) is 13.2 Å². The first-order valence-corrected chi connectivity index (χ1v) is 11.5. The number of aromatic nitrogens is 3. The molecule has 1 unspecified atom stereocenters. The van der Waals surface area contributed by atoms with Crippen LogP contribution in [-0.4, -0.2) is 31.3 Å². The Morgan fingerprint density at radius 2 is 1.66 bits per heavy atom. The summed E-state index contributed by atoms with van der Waals surface area (Å²) in [5.74, 6) is -1.03. The quantitative estimate of drug-likeness (QED) is 0.342. The normalized spacial score (nSPS) is 12.6. The Hall–Kier alpha value is -3.66. The van der Waals surface area contributed by atoms with Gasteiger partial charge in [-0.2, -0.15) is 13.2 Å². The van der Waals surface area contributed by atoms with Crippen molar-refractivity contribution in [1.82, 2.24) is 15.0 Å². The number of aliphatic carboxylic acids is 1. The third-order valence-corrected chi connectivity index (χ3v) is 6.70. The first kappa shape index (κ1) is 24.5. The van der Waals surface area contributed by atoms with Crippen molar-refractivity contribution in [1.29, 1.82) is 0 Å². The standard InChI is InChI=1S/C25H20F3N3O3S/c1-15-2-11-21-20(14-15)23(32)31(30-29-21)13-12-22(24(33)34)35-19-9-5-17(6-10-19)16-3-7-18(8-4-16)25(26,27)28/h2-11,14,22H,12-13H2,1H3,(H,33,34). The first-order chi connectivity index (χ1) is 16.6. The van der Waals surface area contributed by atoms with Gasteiger partial charge in [0.25, 0.3) is 5.56 Å². The van der Waals surface area contributed by atoms with Crippen molar-refractivity contribution in [2.45, 2.75) is 36.2 Å². The zero-order chi connectivity index (χ0) is 25.2. The Kier molecular flexibility index (Phi) is 6.93. The average Bonchev–Trinajstić information content (AvgIpc) is 2.83. The highest BCUT2D eigenvalue weighted by molar-refractivity contribution is 8.00. The fourth-order valence-corrected chi connectivity index (χ4v) is 4.50. The van der Waals surface area contributed by atoms with Crippen molar-refractivity contribution < 1.29 is 23.1 Å². The molecule has 1 heterocycles. The minimum Gasteiger partial charge on any atom is -0.480 e. The number of fused-ring (bicyclic) bond motifs is 1. The average molecular weight is 500 g/mol. The van der Waals surface area contributed by atoms with Gasteiger partial charge in [0, 0.05) is 11.4 Å². The first-order valence-electron chi connectivity index (χ1n) is 10.6. The summed E-state index contributed by atoms with van der Waals surface area (Å²) in [5.41, 5.74) is 1.68. The van der Waals surface area contributed by atoms with Gasteiger partial charge in [-0.05, 0) is 60.9 Å². The third-order valence-electron chi connectivity index (χ3n) is 5.43. The Morgan fingerprint density at radius 1 is 1.03 bits per heavy atom. The molecular weight excluding hydrogens is 479 g/mol. The summed E-state index contributed by atoms with van der Waals surface area (Å²) in [6.07, 6.45) is -4.25. The lowest BCUT2D eigenvalue weighted by molar-refractivity contribution is -0.138. The number of hydrogen-bond donors (Lipinski definition) is 1. The molecule has 0 aliphatic carbocycles. The van der Waals surface area contributed by atoms with E-state index in [1.165, 1.54) is 16.8 Å². The Morgan fingerprint density at radius 3 is 2.26 bits per heavy atom. The van der Waals surface area contributed by atoms with E-state index in [2.05, 4.69) is 10.3 Å². The molecule has 0 aliphatic heterocycles. The predicted molar refractivity (Wildman–Crippen MR) is 127 cm³/mol. The SMILES string of the molecule is Cc1ccc2nnn(CCC(Sc3ccc(-c4ccc(C(F)(F)F)cc4)cc3)C(=O)O)c(=O)c2c1. The molecule has 0 saturated heterocycles. The van der Waals surface area contributed by atoms with E-state index >= 15 is 0 Å². The molecule has 6 nitrogen and oxygen atoms in total. The summed E-state index contributed by atoms with van der Waals surface area (Å²) in [6.45, 7) is 1.95. The van der Waals surface area contributed by atoms with E-state index in [1.807, 2.05) is 13.0 Å². The van der Waals surface area contributed by atoms with Crippen LogP contribution >= 0.6 is 11.8 Å². The number of halogens is 3. The Balaban J connectivity index is 1.45. The number of nitrogens with zero attached hydrogens (tertiary/aromatic N) is 3. The lowest BCUT2D eigenvalue weighted by atomic mass is 10.0. The molecule has 0 saturated carbocycles. The fraction of sp³-hybridized carbons (Fsp3) is 0.200. The smallest absolute Gasteiger partial charge is 0.416 e. The lowest BCUT2D eigenvalue weighted by Crippen LogP contribution is -2.27. The molecule has 0 aliphatic rings. The molecule has 1 N–H and O–H groups in total. The van der Waals surface area contributed by atoms with Gasteiger partial charge < -0.3 is 5.11 Å². The molecule has 0 bridgehead atoms. The molecule has 3 aromatic carbocycles. The van der Waals surface area contributed by atoms with E-state index in [1.54, 1.807) is 36.4 Å². The maximum Gasteiger partial charge on any atom is 0.416 e. The van der Waals surface area contributed by atoms with Gasteiger partial charge in [0.1, 0.15) is 10.8 Å². The van der Waals surface area contributed by atoms with Crippen LogP contribution in [0, 0.1) is 6.92 Å². The van der Waals surface area contributed by atoms with Crippen LogP contribution in [-0.2, 0) is 17.5 Å². The molecule has 4 rings (SSSR count). The van der Waals surface area contributed by atoms with Gasteiger partial charge >= 0.3 is 12.1 Å². The van der Waals surface area contributed by atoms with Crippen LogP contribution in [0.2, 0.25) is 0 Å². The van der Waals surface area contributed by atoms with Gasteiger partial charge in [-0.3, -0.25) is 9.59 Å². The molecule has 4 aromatic rings. The maximum atomic E-state index is 12.8. The zero-order valence-electron chi connectivity index (χ0n) is 18.5.